The lowest BCUT2D eigenvalue weighted by molar-refractivity contribution is 0.0945. The van der Waals surface area contributed by atoms with Gasteiger partial charge in [-0.1, -0.05) is 42.5 Å². The molecule has 6 heteroatoms. The van der Waals surface area contributed by atoms with Crippen LogP contribution in [0.25, 0.3) is 0 Å². The monoisotopic (exact) mass is 364 g/mol. The van der Waals surface area contributed by atoms with Crippen LogP contribution in [0.4, 0.5) is 10.2 Å². The standard InChI is InChI=1S/C21H21FN4O/c1-15-25-19(21(27)24-14-17-5-3-2-4-6-17)13-20(26-15)23-12-11-16-7-9-18(22)10-8-16/h2-10,13H,11-12,14H2,1H3,(H,24,27)(H,23,25,26). The van der Waals surface area contributed by atoms with E-state index in [0.29, 0.717) is 30.4 Å². The third-order valence-corrected chi connectivity index (χ3v) is 4.00. The van der Waals surface area contributed by atoms with Crippen LogP contribution >= 0.6 is 0 Å². The number of hydrogen-bond acceptors (Lipinski definition) is 4. The van der Waals surface area contributed by atoms with Crippen molar-refractivity contribution >= 4 is 11.7 Å². The molecule has 0 saturated heterocycles. The highest BCUT2D eigenvalue weighted by molar-refractivity contribution is 5.92. The van der Waals surface area contributed by atoms with Crippen LogP contribution in [-0.4, -0.2) is 22.4 Å². The third kappa shape index (κ3) is 5.60. The van der Waals surface area contributed by atoms with Crippen molar-refractivity contribution in [3.8, 4) is 0 Å². The van der Waals surface area contributed by atoms with Crippen LogP contribution in [0.1, 0.15) is 27.4 Å². The van der Waals surface area contributed by atoms with E-state index in [1.165, 1.54) is 12.1 Å². The fourth-order valence-corrected chi connectivity index (χ4v) is 2.63. The summed E-state index contributed by atoms with van der Waals surface area (Å²) in [6, 6.07) is 17.7. The van der Waals surface area contributed by atoms with Crippen molar-refractivity contribution in [3.63, 3.8) is 0 Å². The SMILES string of the molecule is Cc1nc(NCCc2ccc(F)cc2)cc(C(=O)NCc2ccccc2)n1. The van der Waals surface area contributed by atoms with Gasteiger partial charge in [-0.3, -0.25) is 4.79 Å². The molecule has 0 fully saturated rings. The van der Waals surface area contributed by atoms with E-state index in [0.717, 1.165) is 17.5 Å². The van der Waals surface area contributed by atoms with E-state index in [2.05, 4.69) is 20.6 Å². The molecule has 0 bridgehead atoms. The maximum absolute atomic E-state index is 12.9. The number of carbonyl (C=O) groups excluding carboxylic acids is 1. The highest BCUT2D eigenvalue weighted by Gasteiger charge is 2.10. The normalized spacial score (nSPS) is 10.4. The molecule has 1 aromatic heterocycles. The summed E-state index contributed by atoms with van der Waals surface area (Å²) < 4.78 is 12.9. The van der Waals surface area contributed by atoms with E-state index in [1.807, 2.05) is 30.3 Å². The number of rotatable bonds is 7. The summed E-state index contributed by atoms with van der Waals surface area (Å²) >= 11 is 0. The van der Waals surface area contributed by atoms with E-state index in [9.17, 15) is 9.18 Å². The molecule has 0 atom stereocenters. The zero-order chi connectivity index (χ0) is 19.1. The molecular weight excluding hydrogens is 343 g/mol. The second kappa shape index (κ2) is 8.89. The van der Waals surface area contributed by atoms with Crippen LogP contribution in [0.5, 0.6) is 0 Å². The van der Waals surface area contributed by atoms with Gasteiger partial charge in [0, 0.05) is 19.2 Å². The quantitative estimate of drug-likeness (QED) is 0.673. The summed E-state index contributed by atoms with van der Waals surface area (Å²) in [4.78, 5) is 20.9. The van der Waals surface area contributed by atoms with E-state index in [-0.39, 0.29) is 11.7 Å². The molecule has 3 aromatic rings. The average molecular weight is 364 g/mol. The van der Waals surface area contributed by atoms with Gasteiger partial charge in [-0.25, -0.2) is 14.4 Å². The lowest BCUT2D eigenvalue weighted by Crippen LogP contribution is -2.24. The molecule has 0 unspecified atom stereocenters. The van der Waals surface area contributed by atoms with E-state index in [1.54, 1.807) is 25.1 Å². The summed E-state index contributed by atoms with van der Waals surface area (Å²) in [5, 5.41) is 6.06. The number of nitrogens with one attached hydrogen (secondary N) is 2. The lowest BCUT2D eigenvalue weighted by Gasteiger charge is -2.09. The van der Waals surface area contributed by atoms with Crippen molar-refractivity contribution in [1.82, 2.24) is 15.3 Å². The van der Waals surface area contributed by atoms with Crippen molar-refractivity contribution in [1.29, 1.82) is 0 Å². The zero-order valence-electron chi connectivity index (χ0n) is 15.1. The van der Waals surface area contributed by atoms with Gasteiger partial charge in [-0.2, -0.15) is 0 Å². The van der Waals surface area contributed by atoms with Crippen LogP contribution in [-0.2, 0) is 13.0 Å². The van der Waals surface area contributed by atoms with Gasteiger partial charge in [0.25, 0.3) is 5.91 Å². The number of halogens is 1. The Labute approximate surface area is 157 Å². The number of anilines is 1. The van der Waals surface area contributed by atoms with Gasteiger partial charge in [0.1, 0.15) is 23.2 Å². The summed E-state index contributed by atoms with van der Waals surface area (Å²) in [6.07, 6.45) is 0.721. The third-order valence-electron chi connectivity index (χ3n) is 4.00. The molecule has 0 aliphatic rings. The van der Waals surface area contributed by atoms with Crippen LogP contribution in [0.3, 0.4) is 0 Å². The molecule has 1 amide bonds. The zero-order valence-corrected chi connectivity index (χ0v) is 15.1. The molecule has 2 N–H and O–H groups in total. The smallest absolute Gasteiger partial charge is 0.270 e. The molecule has 2 aromatic carbocycles. The first-order valence-electron chi connectivity index (χ1n) is 8.76. The summed E-state index contributed by atoms with van der Waals surface area (Å²) in [5.41, 5.74) is 2.37. The second-order valence-electron chi connectivity index (χ2n) is 6.16. The Bertz CT molecular complexity index is 898. The van der Waals surface area contributed by atoms with Gasteiger partial charge >= 0.3 is 0 Å². The number of benzene rings is 2. The Hall–Kier alpha value is -3.28. The molecule has 5 nitrogen and oxygen atoms in total. The van der Waals surface area contributed by atoms with E-state index >= 15 is 0 Å². The molecule has 0 spiro atoms. The summed E-state index contributed by atoms with van der Waals surface area (Å²) in [6.45, 7) is 2.81. The topological polar surface area (TPSA) is 66.9 Å². The van der Waals surface area contributed by atoms with Gasteiger partial charge in [0.05, 0.1) is 0 Å². The fraction of sp³-hybridized carbons (Fsp3) is 0.190. The minimum Gasteiger partial charge on any atom is -0.370 e. The Morgan fingerprint density at radius 1 is 1.00 bits per heavy atom. The van der Waals surface area contributed by atoms with Crippen LogP contribution < -0.4 is 10.6 Å². The van der Waals surface area contributed by atoms with Gasteiger partial charge in [0.2, 0.25) is 0 Å². The molecule has 3 rings (SSSR count). The molecule has 1 heterocycles. The fourth-order valence-electron chi connectivity index (χ4n) is 2.63. The second-order valence-corrected chi connectivity index (χ2v) is 6.16. The van der Waals surface area contributed by atoms with Crippen LogP contribution in [0.15, 0.2) is 60.7 Å². The minimum absolute atomic E-state index is 0.245. The van der Waals surface area contributed by atoms with Gasteiger partial charge in [0.15, 0.2) is 0 Å². The number of carbonyl (C=O) groups is 1. The maximum Gasteiger partial charge on any atom is 0.270 e. The van der Waals surface area contributed by atoms with Crippen molar-refractivity contribution in [2.75, 3.05) is 11.9 Å². The predicted molar refractivity (Wildman–Crippen MR) is 103 cm³/mol. The van der Waals surface area contributed by atoms with E-state index < -0.39 is 0 Å². The first kappa shape index (κ1) is 18.5. The predicted octanol–water partition coefficient (Wildman–Crippen LogP) is 3.51. The number of hydrogen-bond donors (Lipinski definition) is 2. The van der Waals surface area contributed by atoms with Crippen molar-refractivity contribution in [2.45, 2.75) is 19.9 Å². The Morgan fingerprint density at radius 2 is 1.74 bits per heavy atom. The number of aromatic nitrogens is 2. The highest BCUT2D eigenvalue weighted by atomic mass is 19.1. The Kier molecular flexibility index (Phi) is 6.10. The van der Waals surface area contributed by atoms with Crippen molar-refractivity contribution in [2.24, 2.45) is 0 Å². The van der Waals surface area contributed by atoms with Gasteiger partial charge < -0.3 is 10.6 Å². The highest BCUT2D eigenvalue weighted by Crippen LogP contribution is 2.09. The molecule has 0 saturated carbocycles. The van der Waals surface area contributed by atoms with Gasteiger partial charge in [-0.15, -0.1) is 0 Å². The minimum atomic E-state index is -0.246. The van der Waals surface area contributed by atoms with Crippen molar-refractivity contribution in [3.05, 3.63) is 89.1 Å². The largest absolute Gasteiger partial charge is 0.370 e. The summed E-state index contributed by atoms with van der Waals surface area (Å²) in [7, 11) is 0. The van der Waals surface area contributed by atoms with E-state index in [4.69, 9.17) is 0 Å². The maximum atomic E-state index is 12.9. The molecule has 0 aliphatic carbocycles. The first-order valence-corrected chi connectivity index (χ1v) is 8.76. The van der Waals surface area contributed by atoms with Crippen LogP contribution in [0.2, 0.25) is 0 Å². The summed E-state index contributed by atoms with van der Waals surface area (Å²) in [5.74, 6) is 0.622. The average Bonchev–Trinajstić information content (AvgIpc) is 2.68. The number of aryl methyl sites for hydroxylation is 1. The Balaban J connectivity index is 1.58. The molecule has 138 valence electrons. The molecule has 0 aliphatic heterocycles. The van der Waals surface area contributed by atoms with Crippen molar-refractivity contribution < 1.29 is 9.18 Å². The molecule has 0 radical (unpaired) electrons. The Morgan fingerprint density at radius 3 is 2.48 bits per heavy atom. The molecule has 27 heavy (non-hydrogen) atoms. The first-order chi connectivity index (χ1) is 13.1. The lowest BCUT2D eigenvalue weighted by atomic mass is 10.1. The number of nitrogens with zero attached hydrogens (tertiary/aromatic N) is 2. The van der Waals surface area contributed by atoms with Gasteiger partial charge in [-0.05, 0) is 36.6 Å². The van der Waals surface area contributed by atoms with Crippen LogP contribution in [0, 0.1) is 12.7 Å². The molecular formula is C21H21FN4O. The number of amides is 1.